The summed E-state index contributed by atoms with van der Waals surface area (Å²) in [7, 11) is 0. The number of fused-ring (bicyclic) bond motifs is 11. The molecule has 3 saturated heterocycles. The number of aromatic nitrogens is 2. The Balaban J connectivity index is 0.000000180. The van der Waals surface area contributed by atoms with Gasteiger partial charge in [-0.3, -0.25) is 0 Å². The minimum absolute atomic E-state index is 0.268. The monoisotopic (exact) mass is 1610 g/mol. The second-order valence-electron chi connectivity index (χ2n) is 32.7. The third-order valence-corrected chi connectivity index (χ3v) is 22.7. The van der Waals surface area contributed by atoms with Crippen LogP contribution >= 0.6 is 0 Å². The van der Waals surface area contributed by atoms with Crippen molar-refractivity contribution < 1.29 is 46.1 Å². The first kappa shape index (κ1) is 62.6. The van der Waals surface area contributed by atoms with Crippen molar-refractivity contribution in [2.24, 2.45) is 16.2 Å². The molecule has 0 radical (unpaired) electrons. The van der Waals surface area contributed by atoms with Gasteiger partial charge in [-0.05, 0) is 206 Å². The van der Waals surface area contributed by atoms with Crippen molar-refractivity contribution in [2.75, 3.05) is 57.2 Å². The first-order valence-electron chi connectivity index (χ1n) is 54.8. The first-order chi connectivity index (χ1) is 66.1. The third-order valence-electron chi connectivity index (χ3n) is 22.7. The minimum atomic E-state index is -3.06. The van der Waals surface area contributed by atoms with E-state index < -0.39 is 112 Å². The average Bonchev–Trinajstić information content (AvgIpc) is 1.51. The number of anilines is 7. The predicted molar refractivity (Wildman–Crippen MR) is 514 cm³/mol. The van der Waals surface area contributed by atoms with Crippen LogP contribution in [-0.2, 0) is 10.8 Å². The molecule has 1 saturated carbocycles. The van der Waals surface area contributed by atoms with Crippen LogP contribution < -0.4 is 24.5 Å². The van der Waals surface area contributed by atoms with Crippen LogP contribution in [0.1, 0.15) is 289 Å². The molecule has 0 N–H and O–H groups in total. The molecule has 10 heterocycles. The number of hydrogen-bond donors (Lipinski definition) is 0. The predicted octanol–water partition coefficient (Wildman–Crippen LogP) is 31.4. The van der Waals surface area contributed by atoms with E-state index in [1.807, 2.05) is 247 Å². The lowest BCUT2D eigenvalue weighted by Crippen LogP contribution is -2.38. The summed E-state index contributed by atoms with van der Waals surface area (Å²) in [5.41, 5.74) is 4.93. The van der Waals surface area contributed by atoms with Crippen LogP contribution in [0.2, 0.25) is 0 Å². The Morgan fingerprint density at radius 1 is 0.331 bits per heavy atom. The van der Waals surface area contributed by atoms with Gasteiger partial charge in [0.25, 0.3) is 0 Å². The average molecular weight is 1610 g/mol. The molecule has 0 bridgehead atoms. The van der Waals surface area contributed by atoms with E-state index in [2.05, 4.69) is 77.8 Å². The van der Waals surface area contributed by atoms with Crippen molar-refractivity contribution >= 4 is 106 Å². The van der Waals surface area contributed by atoms with Crippen molar-refractivity contribution in [3.63, 3.8) is 0 Å². The van der Waals surface area contributed by atoms with Crippen LogP contribution in [0.5, 0.6) is 0 Å². The highest BCUT2D eigenvalue weighted by Gasteiger charge is 2.50. The topological polar surface area (TPSA) is 81.4 Å². The van der Waals surface area contributed by atoms with Gasteiger partial charge in [0.05, 0.1) is 17.1 Å². The maximum Gasteiger partial charge on any atom is 0.227 e. The number of aryl methyl sites for hydroxylation is 5. The van der Waals surface area contributed by atoms with Gasteiger partial charge in [-0.2, -0.15) is 0 Å². The van der Waals surface area contributed by atoms with Crippen molar-refractivity contribution in [1.29, 1.82) is 0 Å². The number of pyridine rings is 2. The minimum Gasteiger partial charge on any atom is -0.454 e. The molecule has 0 amide bonds. The van der Waals surface area contributed by atoms with E-state index in [1.54, 1.807) is 62.9 Å². The SMILES string of the molecule is CC.CC.CC.CC.CC.[2H]C([2H])([2H])C1(C([2H])([2H])[2H])CN(c2c(C)ccc3c2oc2ccccc23)C(C)(C)C1([2H])[2H].[2H]C([2H])([2H])C1(C([2H])([2H])[2H])CN(c2c(C)ccc3c2oc2ncccc23)C(C)(C)C1([2H])[2H].[2H]C([2H])([2H])C1(C)CN(c2ccccc2C)c2ccccc21.[2H]C([2H])([2H])C1(C)CN(c2ccccc2C)c2ncccc21.[2H]C1([2H])C2(CCCCC2)CN(c2c(C)ccc3c2oc2ccccc23)C1(C)C. The Morgan fingerprint density at radius 3 is 1.19 bits per heavy atom. The largest absolute Gasteiger partial charge is 0.454 e. The molecule has 1 spiro atoms. The Hall–Kier alpha value is -9.54. The summed E-state index contributed by atoms with van der Waals surface area (Å²) in [6.45, 7) is 28.2. The summed E-state index contributed by atoms with van der Waals surface area (Å²) in [6.07, 6.45) is 2.40. The van der Waals surface area contributed by atoms with Crippen LogP contribution in [0.25, 0.3) is 65.9 Å². The summed E-state index contributed by atoms with van der Waals surface area (Å²) in [5, 5.41) is 5.48. The molecule has 8 aromatic carbocycles. The Kier molecular flexibility index (Phi) is 19.6. The second-order valence-corrected chi connectivity index (χ2v) is 32.7. The summed E-state index contributed by atoms with van der Waals surface area (Å²) in [4.78, 5) is 18.3. The Morgan fingerprint density at radius 2 is 0.712 bits per heavy atom. The fraction of sp³-hybridized carbons (Fsp3) is 0.463. The molecule has 2 atom stereocenters. The van der Waals surface area contributed by atoms with Gasteiger partial charge in [-0.1, -0.05) is 277 Å². The van der Waals surface area contributed by atoms with Gasteiger partial charge in [0.2, 0.25) is 5.71 Å². The van der Waals surface area contributed by atoms with E-state index in [4.69, 9.17) is 43.4 Å². The number of para-hydroxylation sites is 5. The highest BCUT2D eigenvalue weighted by atomic mass is 16.3. The van der Waals surface area contributed by atoms with E-state index in [0.29, 0.717) is 46.9 Å². The molecule has 10 nitrogen and oxygen atoms in total. The van der Waals surface area contributed by atoms with Crippen molar-refractivity contribution in [3.8, 4) is 0 Å². The zero-order chi connectivity index (χ0) is 107. The molecular formula is C108H145N7O3. The number of nitrogens with zero attached hydrogens (tertiary/aromatic N) is 7. The lowest BCUT2D eigenvalue weighted by Gasteiger charge is -2.35. The summed E-state index contributed by atoms with van der Waals surface area (Å²) in [5.74, 6) is 0.755. The smallest absolute Gasteiger partial charge is 0.227 e. The maximum atomic E-state index is 9.19. The molecular weight excluding hydrogens is 1440 g/mol. The Bertz CT molecular complexity index is 6230. The van der Waals surface area contributed by atoms with Gasteiger partial charge in [0.15, 0.2) is 16.7 Å². The van der Waals surface area contributed by atoms with Crippen molar-refractivity contribution in [2.45, 2.75) is 279 Å². The van der Waals surface area contributed by atoms with Gasteiger partial charge >= 0.3 is 0 Å². The van der Waals surface area contributed by atoms with E-state index in [1.165, 1.54) is 6.42 Å². The Labute approximate surface area is 744 Å². The molecule has 5 aromatic heterocycles. The standard InChI is InChI=1S/C24H29NO.C21H25NO.C20H24N2O.C17H19N.C16H18N2.5C2H6/c1-17-11-12-19-18-9-5-6-10-20(18)26-22(19)21(17)25-16-24(15-23(25,2)3)13-7-4-8-14-24;1-14-10-11-16-15-8-6-7-9-17(15)23-19(16)18(14)22-13-20(2,3)12-21(22,4)5;1-13-8-9-14-15-7-6-10-21-18(15)23-17(14)16(13)22-12-19(2,3)11-20(22,4)5;1-13-8-4-6-10-15(13)18-12-17(2,3)14-9-5-7-11-16(14)18;1-12-7-4-5-9-14(12)18-11-16(2,3)13-8-6-10-17-15(13)18;5*1-2/h5-6,9-12H,4,7-8,13-16H2,1-3H3;6-11H,12-13H2,1-5H3;6-10H,11-12H2,1-5H3;4-11H,12H2,1-3H3;4-10H,11H2,1-3H3;5*1-2H3/i15D2;2D3,3D3,12D2;2D3,3D3,11D2;2*2D3;;;;;. The number of furan rings is 3. The third kappa shape index (κ3) is 18.4. The fourth-order valence-electron chi connectivity index (χ4n) is 17.8. The molecule has 630 valence electrons. The highest BCUT2D eigenvalue weighted by molar-refractivity contribution is 6.11. The van der Waals surface area contributed by atoms with Crippen LogP contribution in [0.3, 0.4) is 0 Å². The fourth-order valence-corrected chi connectivity index (χ4v) is 17.8. The van der Waals surface area contributed by atoms with Crippen LogP contribution in [0, 0.1) is 50.9 Å². The zero-order valence-corrected chi connectivity index (χ0v) is 74.4. The van der Waals surface area contributed by atoms with Gasteiger partial charge < -0.3 is 37.8 Å². The summed E-state index contributed by atoms with van der Waals surface area (Å²) in [6, 6.07) is 58.8. The van der Waals surface area contributed by atoms with Crippen LogP contribution in [-0.4, -0.2) is 59.3 Å². The lowest BCUT2D eigenvalue weighted by molar-refractivity contribution is 0.204. The first-order valence-corrected chi connectivity index (χ1v) is 42.8. The molecule has 118 heavy (non-hydrogen) atoms. The molecule has 6 aliphatic rings. The lowest BCUT2D eigenvalue weighted by atomic mass is 9.71. The van der Waals surface area contributed by atoms with Crippen LogP contribution in [0.15, 0.2) is 208 Å². The molecule has 10 heteroatoms. The molecule has 2 unspecified atom stereocenters. The van der Waals surface area contributed by atoms with E-state index >= 15 is 0 Å². The van der Waals surface area contributed by atoms with Gasteiger partial charge in [0, 0.05) is 160 Å². The van der Waals surface area contributed by atoms with Gasteiger partial charge in [-0.25, -0.2) is 9.97 Å². The zero-order valence-electron chi connectivity index (χ0n) is 98.4. The van der Waals surface area contributed by atoms with Crippen molar-refractivity contribution in [1.82, 2.24) is 9.97 Å². The van der Waals surface area contributed by atoms with Gasteiger partial charge in [0.1, 0.15) is 17.0 Å². The van der Waals surface area contributed by atoms with Gasteiger partial charge in [-0.15, -0.1) is 0 Å². The second kappa shape index (κ2) is 37.0. The van der Waals surface area contributed by atoms with Crippen LogP contribution in [0.4, 0.5) is 39.9 Å². The number of hydrogen-bond acceptors (Lipinski definition) is 10. The molecule has 19 rings (SSSR count). The molecule has 4 fully saturated rings. The number of rotatable bonds is 5. The molecule has 1 aliphatic carbocycles. The summed E-state index contributed by atoms with van der Waals surface area (Å²) >= 11 is 0. The summed E-state index contributed by atoms with van der Waals surface area (Å²) < 4.78 is 217. The van der Waals surface area contributed by atoms with E-state index in [0.717, 1.165) is 143 Å². The van der Waals surface area contributed by atoms with E-state index in [-0.39, 0.29) is 5.41 Å². The highest BCUT2D eigenvalue weighted by Crippen LogP contribution is 2.55. The molecule has 13 aromatic rings. The normalized spacial score (nSPS) is 24.4. The van der Waals surface area contributed by atoms with E-state index in [9.17, 15) is 2.74 Å². The maximum absolute atomic E-state index is 9.19. The quantitative estimate of drug-likeness (QED) is 0.166. The van der Waals surface area contributed by atoms with Crippen molar-refractivity contribution in [3.05, 3.63) is 233 Å². The number of benzene rings is 8. The molecule has 5 aliphatic heterocycles.